The number of halogens is 1. The Labute approximate surface area is 123 Å². The molecule has 1 N–H and O–H groups in total. The molecule has 0 amide bonds. The molecular formula is C15H22BrNO2. The Kier molecular flexibility index (Phi) is 5.52. The smallest absolute Gasteiger partial charge is 0.162 e. The summed E-state index contributed by atoms with van der Waals surface area (Å²) in [6, 6.07) is 4.14. The van der Waals surface area contributed by atoms with Gasteiger partial charge >= 0.3 is 0 Å². The van der Waals surface area contributed by atoms with Crippen molar-refractivity contribution >= 4 is 15.9 Å². The number of fused-ring (bicyclic) bond motifs is 1. The highest BCUT2D eigenvalue weighted by molar-refractivity contribution is 9.10. The Balaban J connectivity index is 1.96. The van der Waals surface area contributed by atoms with Crippen molar-refractivity contribution in [2.75, 3.05) is 26.8 Å². The second-order valence-electron chi connectivity index (χ2n) is 5.12. The van der Waals surface area contributed by atoms with E-state index in [2.05, 4.69) is 34.2 Å². The monoisotopic (exact) mass is 327 g/mol. The third-order valence-corrected chi connectivity index (χ3v) is 4.24. The van der Waals surface area contributed by atoms with Crippen LogP contribution in [0.3, 0.4) is 0 Å². The average Bonchev–Trinajstić information content (AvgIpc) is 2.42. The normalized spacial score (nSPS) is 15.3. The fourth-order valence-electron chi connectivity index (χ4n) is 2.23. The summed E-state index contributed by atoms with van der Waals surface area (Å²) in [6.07, 6.45) is 3.49. The van der Waals surface area contributed by atoms with Crippen molar-refractivity contribution in [3.8, 4) is 11.5 Å². The largest absolute Gasteiger partial charge is 0.486 e. The van der Waals surface area contributed by atoms with Gasteiger partial charge in [-0.3, -0.25) is 0 Å². The van der Waals surface area contributed by atoms with Gasteiger partial charge in [0.25, 0.3) is 0 Å². The quantitative estimate of drug-likeness (QED) is 0.868. The Morgan fingerprint density at radius 1 is 1.21 bits per heavy atom. The van der Waals surface area contributed by atoms with Crippen molar-refractivity contribution in [1.29, 1.82) is 0 Å². The first-order chi connectivity index (χ1) is 9.20. The molecule has 0 saturated heterocycles. The maximum absolute atomic E-state index is 5.63. The second-order valence-corrected chi connectivity index (χ2v) is 5.98. The first kappa shape index (κ1) is 14.7. The molecule has 3 nitrogen and oxygen atoms in total. The Morgan fingerprint density at radius 2 is 1.89 bits per heavy atom. The van der Waals surface area contributed by atoms with Crippen LogP contribution >= 0.6 is 15.9 Å². The van der Waals surface area contributed by atoms with E-state index < -0.39 is 0 Å². The van der Waals surface area contributed by atoms with Gasteiger partial charge in [0.2, 0.25) is 0 Å². The van der Waals surface area contributed by atoms with Gasteiger partial charge in [-0.1, -0.05) is 22.9 Å². The van der Waals surface area contributed by atoms with Gasteiger partial charge in [0.1, 0.15) is 13.2 Å². The van der Waals surface area contributed by atoms with Crippen molar-refractivity contribution in [2.45, 2.75) is 26.2 Å². The van der Waals surface area contributed by atoms with Gasteiger partial charge < -0.3 is 14.8 Å². The fraction of sp³-hybridized carbons (Fsp3) is 0.600. The van der Waals surface area contributed by atoms with Crippen LogP contribution < -0.4 is 14.8 Å². The number of ether oxygens (including phenoxy) is 2. The van der Waals surface area contributed by atoms with E-state index in [0.717, 1.165) is 34.9 Å². The van der Waals surface area contributed by atoms with E-state index in [-0.39, 0.29) is 0 Å². The van der Waals surface area contributed by atoms with E-state index >= 15 is 0 Å². The van der Waals surface area contributed by atoms with Gasteiger partial charge in [-0.05, 0) is 56.5 Å². The number of benzene rings is 1. The predicted molar refractivity (Wildman–Crippen MR) is 81.2 cm³/mol. The molecule has 2 rings (SSSR count). The zero-order valence-electron chi connectivity index (χ0n) is 11.7. The summed E-state index contributed by atoms with van der Waals surface area (Å²) in [5.41, 5.74) is 1.31. The molecule has 0 saturated carbocycles. The SMILES string of the molecule is CNCCC(C)CCc1cc2c(cc1Br)OCCO2. The van der Waals surface area contributed by atoms with E-state index in [0.29, 0.717) is 13.2 Å². The molecule has 106 valence electrons. The summed E-state index contributed by atoms with van der Waals surface area (Å²) in [5.74, 6) is 2.46. The van der Waals surface area contributed by atoms with Crippen LogP contribution in [0, 0.1) is 5.92 Å². The maximum atomic E-state index is 5.63. The Morgan fingerprint density at radius 3 is 2.58 bits per heavy atom. The lowest BCUT2D eigenvalue weighted by Crippen LogP contribution is -2.15. The number of hydrogen-bond donors (Lipinski definition) is 1. The first-order valence-corrected chi connectivity index (χ1v) is 7.72. The lowest BCUT2D eigenvalue weighted by atomic mass is 9.98. The summed E-state index contributed by atoms with van der Waals surface area (Å²) >= 11 is 3.63. The minimum absolute atomic E-state index is 0.639. The summed E-state index contributed by atoms with van der Waals surface area (Å²) in [4.78, 5) is 0. The number of hydrogen-bond acceptors (Lipinski definition) is 3. The minimum Gasteiger partial charge on any atom is -0.486 e. The van der Waals surface area contributed by atoms with Gasteiger partial charge in [0.05, 0.1) is 0 Å². The minimum atomic E-state index is 0.639. The fourth-order valence-corrected chi connectivity index (χ4v) is 2.76. The van der Waals surface area contributed by atoms with Gasteiger partial charge in [0, 0.05) is 4.47 Å². The molecule has 0 fully saturated rings. The van der Waals surface area contributed by atoms with Crippen LogP contribution in [0.15, 0.2) is 16.6 Å². The van der Waals surface area contributed by atoms with Gasteiger partial charge in [-0.25, -0.2) is 0 Å². The average molecular weight is 328 g/mol. The van der Waals surface area contributed by atoms with Crippen LogP contribution in [0.2, 0.25) is 0 Å². The molecule has 1 heterocycles. The van der Waals surface area contributed by atoms with Crippen molar-refractivity contribution in [3.63, 3.8) is 0 Å². The lowest BCUT2D eigenvalue weighted by Gasteiger charge is -2.20. The molecule has 0 aliphatic carbocycles. The molecule has 1 unspecified atom stereocenters. The second kappa shape index (κ2) is 7.15. The van der Waals surface area contributed by atoms with E-state index in [9.17, 15) is 0 Å². The Bertz CT molecular complexity index is 423. The molecule has 19 heavy (non-hydrogen) atoms. The molecule has 0 bridgehead atoms. The highest BCUT2D eigenvalue weighted by Crippen LogP contribution is 2.36. The van der Waals surface area contributed by atoms with Crippen LogP contribution in [-0.4, -0.2) is 26.8 Å². The van der Waals surface area contributed by atoms with Crippen molar-refractivity contribution in [3.05, 3.63) is 22.2 Å². The lowest BCUT2D eigenvalue weighted by molar-refractivity contribution is 0.171. The van der Waals surface area contributed by atoms with Gasteiger partial charge in [0.15, 0.2) is 11.5 Å². The van der Waals surface area contributed by atoms with Gasteiger partial charge in [-0.2, -0.15) is 0 Å². The number of nitrogens with one attached hydrogen (secondary N) is 1. The van der Waals surface area contributed by atoms with Crippen LogP contribution in [0.4, 0.5) is 0 Å². The summed E-state index contributed by atoms with van der Waals surface area (Å²) in [6.45, 7) is 4.68. The van der Waals surface area contributed by atoms with E-state index in [1.165, 1.54) is 18.4 Å². The standard InChI is InChI=1S/C15H22BrNO2/c1-11(5-6-17-2)3-4-12-9-14-15(10-13(12)16)19-8-7-18-14/h9-11,17H,3-8H2,1-2H3. The van der Waals surface area contributed by atoms with E-state index in [1.54, 1.807) is 0 Å². The first-order valence-electron chi connectivity index (χ1n) is 6.93. The molecule has 0 radical (unpaired) electrons. The van der Waals surface area contributed by atoms with Crippen molar-refractivity contribution in [1.82, 2.24) is 5.32 Å². The molecule has 1 aliphatic rings. The molecular weight excluding hydrogens is 306 g/mol. The Hall–Kier alpha value is -0.740. The molecule has 1 atom stereocenters. The molecule has 0 aromatic heterocycles. The van der Waals surface area contributed by atoms with Crippen LogP contribution in [0.5, 0.6) is 11.5 Å². The molecule has 1 aromatic rings. The molecule has 4 heteroatoms. The number of aryl methyl sites for hydroxylation is 1. The number of rotatable bonds is 6. The predicted octanol–water partition coefficient (Wildman–Crippen LogP) is 3.40. The van der Waals surface area contributed by atoms with Gasteiger partial charge in [-0.15, -0.1) is 0 Å². The zero-order valence-corrected chi connectivity index (χ0v) is 13.3. The molecule has 1 aliphatic heterocycles. The molecule has 1 aromatic carbocycles. The van der Waals surface area contributed by atoms with Crippen LogP contribution in [0.25, 0.3) is 0 Å². The van der Waals surface area contributed by atoms with Crippen molar-refractivity contribution < 1.29 is 9.47 Å². The highest BCUT2D eigenvalue weighted by Gasteiger charge is 2.15. The van der Waals surface area contributed by atoms with Crippen molar-refractivity contribution in [2.24, 2.45) is 5.92 Å². The zero-order chi connectivity index (χ0) is 13.7. The third-order valence-electron chi connectivity index (χ3n) is 3.50. The topological polar surface area (TPSA) is 30.5 Å². The van der Waals surface area contributed by atoms with Crippen LogP contribution in [0.1, 0.15) is 25.3 Å². The van der Waals surface area contributed by atoms with Crippen LogP contribution in [-0.2, 0) is 6.42 Å². The third kappa shape index (κ3) is 4.11. The van der Waals surface area contributed by atoms with E-state index in [4.69, 9.17) is 9.47 Å². The highest BCUT2D eigenvalue weighted by atomic mass is 79.9. The summed E-state index contributed by atoms with van der Waals surface area (Å²) < 4.78 is 12.3. The maximum Gasteiger partial charge on any atom is 0.162 e. The summed E-state index contributed by atoms with van der Waals surface area (Å²) in [7, 11) is 2.00. The summed E-state index contributed by atoms with van der Waals surface area (Å²) in [5, 5.41) is 3.20. The van der Waals surface area contributed by atoms with E-state index in [1.807, 2.05) is 13.1 Å². The molecule has 0 spiro atoms.